The molecule has 0 saturated heterocycles. The van der Waals surface area contributed by atoms with Crippen LogP contribution < -0.4 is 10.0 Å². The average molecular weight is 278 g/mol. The van der Waals surface area contributed by atoms with Gasteiger partial charge in [-0.2, -0.15) is 0 Å². The van der Waals surface area contributed by atoms with Crippen molar-refractivity contribution in [2.24, 2.45) is 0 Å². The zero-order chi connectivity index (χ0) is 13.6. The molecular formula is C11H16F2N2O2S. The summed E-state index contributed by atoms with van der Waals surface area (Å²) in [7, 11) is -4.01. The summed E-state index contributed by atoms with van der Waals surface area (Å²) in [5.41, 5.74) is 0. The van der Waals surface area contributed by atoms with Gasteiger partial charge in [-0.15, -0.1) is 0 Å². The molecule has 0 radical (unpaired) electrons. The lowest BCUT2D eigenvalue weighted by atomic mass is 10.3. The number of benzene rings is 1. The van der Waals surface area contributed by atoms with Crippen molar-refractivity contribution in [1.29, 1.82) is 0 Å². The Morgan fingerprint density at radius 2 is 1.89 bits per heavy atom. The zero-order valence-corrected chi connectivity index (χ0v) is 10.9. The van der Waals surface area contributed by atoms with Gasteiger partial charge in [0.05, 0.1) is 0 Å². The molecule has 0 bridgehead atoms. The van der Waals surface area contributed by atoms with E-state index in [0.29, 0.717) is 6.54 Å². The third-order valence-electron chi connectivity index (χ3n) is 2.23. The molecule has 0 heterocycles. The van der Waals surface area contributed by atoms with Gasteiger partial charge in [0.15, 0.2) is 11.6 Å². The molecule has 0 atom stereocenters. The Hall–Kier alpha value is -1.05. The quantitative estimate of drug-likeness (QED) is 0.738. The van der Waals surface area contributed by atoms with Crippen molar-refractivity contribution < 1.29 is 17.2 Å². The van der Waals surface area contributed by atoms with Gasteiger partial charge in [-0.1, -0.05) is 13.0 Å². The summed E-state index contributed by atoms with van der Waals surface area (Å²) in [5.74, 6) is -2.53. The van der Waals surface area contributed by atoms with Crippen molar-refractivity contribution in [3.05, 3.63) is 29.8 Å². The molecular weight excluding hydrogens is 262 g/mol. The van der Waals surface area contributed by atoms with Gasteiger partial charge >= 0.3 is 0 Å². The highest BCUT2D eigenvalue weighted by molar-refractivity contribution is 7.89. The first-order valence-corrected chi connectivity index (χ1v) is 7.11. The van der Waals surface area contributed by atoms with E-state index in [-0.39, 0.29) is 6.54 Å². The molecule has 1 aromatic rings. The molecule has 1 aromatic carbocycles. The lowest BCUT2D eigenvalue weighted by Crippen LogP contribution is -2.32. The smallest absolute Gasteiger partial charge is 0.243 e. The van der Waals surface area contributed by atoms with Crippen molar-refractivity contribution in [2.45, 2.75) is 18.2 Å². The Balaban J connectivity index is 2.66. The second-order valence-electron chi connectivity index (χ2n) is 3.70. The Kier molecular flexibility index (Phi) is 5.64. The molecule has 0 unspecified atom stereocenters. The molecule has 4 nitrogen and oxygen atoms in total. The summed E-state index contributed by atoms with van der Waals surface area (Å²) >= 11 is 0. The summed E-state index contributed by atoms with van der Waals surface area (Å²) in [6.45, 7) is 3.32. The van der Waals surface area contributed by atoms with E-state index in [9.17, 15) is 17.2 Å². The first-order chi connectivity index (χ1) is 8.49. The van der Waals surface area contributed by atoms with Crippen LogP contribution in [0.1, 0.15) is 13.3 Å². The van der Waals surface area contributed by atoms with Crippen LogP contribution in [0.15, 0.2) is 23.1 Å². The monoisotopic (exact) mass is 278 g/mol. The molecule has 0 saturated carbocycles. The maximum atomic E-state index is 13.3. The predicted molar refractivity (Wildman–Crippen MR) is 64.7 cm³/mol. The fourth-order valence-corrected chi connectivity index (χ4v) is 2.46. The standard InChI is InChI=1S/C11H16F2N2O2S/c1-2-6-14-7-8-15-18(16,17)10-5-3-4-9(12)11(10)13/h3-5,14-15H,2,6-8H2,1H3. The van der Waals surface area contributed by atoms with E-state index in [2.05, 4.69) is 10.0 Å². The lowest BCUT2D eigenvalue weighted by molar-refractivity contribution is 0.483. The first kappa shape index (κ1) is 15.0. The number of nitrogens with one attached hydrogen (secondary N) is 2. The third kappa shape index (κ3) is 4.01. The number of hydrogen-bond donors (Lipinski definition) is 2. The number of halogens is 2. The molecule has 102 valence electrons. The van der Waals surface area contributed by atoms with Gasteiger partial charge in [0, 0.05) is 13.1 Å². The van der Waals surface area contributed by atoms with Crippen LogP contribution >= 0.6 is 0 Å². The Bertz CT molecular complexity index is 492. The van der Waals surface area contributed by atoms with Gasteiger partial charge in [-0.3, -0.25) is 0 Å². The Labute approximate surface area is 105 Å². The van der Waals surface area contributed by atoms with E-state index in [1.807, 2.05) is 6.92 Å². The van der Waals surface area contributed by atoms with Crippen LogP contribution in [-0.4, -0.2) is 28.1 Å². The summed E-state index contributed by atoms with van der Waals surface area (Å²) in [6, 6.07) is 3.06. The van der Waals surface area contributed by atoms with Crippen LogP contribution in [0.2, 0.25) is 0 Å². The zero-order valence-electron chi connectivity index (χ0n) is 10.0. The molecule has 0 fully saturated rings. The number of sulfonamides is 1. The number of rotatable bonds is 7. The van der Waals surface area contributed by atoms with Gasteiger partial charge in [-0.05, 0) is 25.1 Å². The van der Waals surface area contributed by atoms with Crippen LogP contribution in [0.4, 0.5) is 8.78 Å². The molecule has 0 amide bonds. The molecule has 0 aromatic heterocycles. The minimum absolute atomic E-state index is 0.123. The van der Waals surface area contributed by atoms with Crippen molar-refractivity contribution in [3.63, 3.8) is 0 Å². The average Bonchev–Trinajstić information content (AvgIpc) is 2.32. The Morgan fingerprint density at radius 1 is 1.17 bits per heavy atom. The maximum Gasteiger partial charge on any atom is 0.243 e. The van der Waals surface area contributed by atoms with Crippen molar-refractivity contribution in [3.8, 4) is 0 Å². The molecule has 18 heavy (non-hydrogen) atoms. The largest absolute Gasteiger partial charge is 0.315 e. The number of hydrogen-bond acceptors (Lipinski definition) is 3. The van der Waals surface area contributed by atoms with Gasteiger partial charge < -0.3 is 5.32 Å². The normalized spacial score (nSPS) is 11.7. The summed E-state index contributed by atoms with van der Waals surface area (Å²) in [5, 5.41) is 2.99. The van der Waals surface area contributed by atoms with Crippen LogP contribution in [0.3, 0.4) is 0 Å². The molecule has 0 aliphatic carbocycles. The summed E-state index contributed by atoms with van der Waals surface area (Å²) in [4.78, 5) is -0.669. The third-order valence-corrected chi connectivity index (χ3v) is 3.70. The van der Waals surface area contributed by atoms with E-state index in [0.717, 1.165) is 31.2 Å². The fourth-order valence-electron chi connectivity index (χ4n) is 1.34. The first-order valence-electron chi connectivity index (χ1n) is 5.63. The second kappa shape index (κ2) is 6.77. The second-order valence-corrected chi connectivity index (χ2v) is 5.44. The van der Waals surface area contributed by atoms with Crippen molar-refractivity contribution in [1.82, 2.24) is 10.0 Å². The van der Waals surface area contributed by atoms with Gasteiger partial charge in [0.25, 0.3) is 0 Å². The fraction of sp³-hybridized carbons (Fsp3) is 0.455. The van der Waals surface area contributed by atoms with Crippen molar-refractivity contribution >= 4 is 10.0 Å². The van der Waals surface area contributed by atoms with Crippen LogP contribution in [0.5, 0.6) is 0 Å². The van der Waals surface area contributed by atoms with E-state index >= 15 is 0 Å². The SMILES string of the molecule is CCCNCCNS(=O)(=O)c1cccc(F)c1F. The highest BCUT2D eigenvalue weighted by Gasteiger charge is 2.20. The summed E-state index contributed by atoms with van der Waals surface area (Å²) in [6.07, 6.45) is 0.936. The molecule has 0 aliphatic rings. The highest BCUT2D eigenvalue weighted by Crippen LogP contribution is 2.16. The van der Waals surface area contributed by atoms with E-state index in [1.165, 1.54) is 0 Å². The topological polar surface area (TPSA) is 58.2 Å². The van der Waals surface area contributed by atoms with Gasteiger partial charge in [0.1, 0.15) is 4.90 Å². The predicted octanol–water partition coefficient (Wildman–Crippen LogP) is 1.24. The van der Waals surface area contributed by atoms with Crippen LogP contribution in [-0.2, 0) is 10.0 Å². The van der Waals surface area contributed by atoms with Crippen LogP contribution in [0, 0.1) is 11.6 Å². The lowest BCUT2D eigenvalue weighted by Gasteiger charge is -2.08. The van der Waals surface area contributed by atoms with E-state index in [4.69, 9.17) is 0 Å². The molecule has 7 heteroatoms. The molecule has 2 N–H and O–H groups in total. The van der Waals surface area contributed by atoms with Crippen LogP contribution in [0.25, 0.3) is 0 Å². The van der Waals surface area contributed by atoms with Crippen molar-refractivity contribution in [2.75, 3.05) is 19.6 Å². The van der Waals surface area contributed by atoms with Gasteiger partial charge in [-0.25, -0.2) is 21.9 Å². The maximum absolute atomic E-state index is 13.3. The highest BCUT2D eigenvalue weighted by atomic mass is 32.2. The molecule has 0 aliphatic heterocycles. The van der Waals surface area contributed by atoms with Gasteiger partial charge in [0.2, 0.25) is 10.0 Å². The minimum atomic E-state index is -4.01. The molecule has 0 spiro atoms. The van der Waals surface area contributed by atoms with E-state index < -0.39 is 26.6 Å². The molecule has 1 rings (SSSR count). The Morgan fingerprint density at radius 3 is 2.56 bits per heavy atom. The summed E-state index contributed by atoms with van der Waals surface area (Å²) < 4.78 is 51.8. The minimum Gasteiger partial charge on any atom is -0.315 e. The van der Waals surface area contributed by atoms with E-state index in [1.54, 1.807) is 0 Å².